The Kier molecular flexibility index (Phi) is 3.49. The van der Waals surface area contributed by atoms with Gasteiger partial charge in [0.25, 0.3) is 0 Å². The fraction of sp³-hybridized carbons (Fsp3) is 0.571. The van der Waals surface area contributed by atoms with E-state index in [-0.39, 0.29) is 5.92 Å². The Hall–Kier alpha value is -1.62. The van der Waals surface area contributed by atoms with E-state index in [0.717, 1.165) is 16.7 Å². The van der Waals surface area contributed by atoms with Crippen LogP contribution in [0.1, 0.15) is 32.1 Å². The molecule has 0 bridgehead atoms. The summed E-state index contributed by atoms with van der Waals surface area (Å²) in [6.45, 7) is 10.1. The molecule has 0 amide bonds. The molecule has 2 N–H and O–H groups in total. The number of rotatable bonds is 4. The largest absolute Gasteiger partial charge is 0.443 e. The number of anilines is 1. The average molecular weight is 263 g/mol. The molecular formula is C14H21N3O2. The summed E-state index contributed by atoms with van der Waals surface area (Å²) in [5.74, 6) is 1.71. The van der Waals surface area contributed by atoms with Crippen LogP contribution in [0.2, 0.25) is 0 Å². The number of nitrogens with zero attached hydrogens (tertiary/aromatic N) is 2. The topological polar surface area (TPSA) is 71.2 Å². The van der Waals surface area contributed by atoms with Crippen molar-refractivity contribution in [2.75, 3.05) is 11.9 Å². The van der Waals surface area contributed by atoms with Gasteiger partial charge in [0.2, 0.25) is 5.71 Å². The van der Waals surface area contributed by atoms with Crippen LogP contribution in [0.4, 0.5) is 5.82 Å². The maximum absolute atomic E-state index is 10.3. The van der Waals surface area contributed by atoms with Gasteiger partial charge in [0.1, 0.15) is 17.9 Å². The molecule has 104 valence electrons. The minimum absolute atomic E-state index is 0.157. The average Bonchev–Trinajstić information content (AvgIpc) is 2.63. The van der Waals surface area contributed by atoms with Crippen molar-refractivity contribution in [2.24, 2.45) is 5.92 Å². The fourth-order valence-electron chi connectivity index (χ4n) is 1.78. The summed E-state index contributed by atoms with van der Waals surface area (Å²) in [5, 5.41) is 14.4. The summed E-state index contributed by atoms with van der Waals surface area (Å²) >= 11 is 0. The van der Waals surface area contributed by atoms with Crippen LogP contribution in [0.5, 0.6) is 0 Å². The van der Waals surface area contributed by atoms with Crippen molar-refractivity contribution in [3.63, 3.8) is 0 Å². The lowest BCUT2D eigenvalue weighted by molar-refractivity contribution is 0.0266. The number of furan rings is 1. The molecule has 1 unspecified atom stereocenters. The van der Waals surface area contributed by atoms with Gasteiger partial charge in [-0.05, 0) is 26.7 Å². The molecule has 0 aliphatic heterocycles. The highest BCUT2D eigenvalue weighted by Gasteiger charge is 2.25. The van der Waals surface area contributed by atoms with E-state index in [1.165, 1.54) is 6.33 Å². The van der Waals surface area contributed by atoms with Crippen LogP contribution in [0, 0.1) is 19.8 Å². The Labute approximate surface area is 113 Å². The second-order valence-electron chi connectivity index (χ2n) is 5.55. The molecule has 0 saturated heterocycles. The second-order valence-corrected chi connectivity index (χ2v) is 5.55. The summed E-state index contributed by atoms with van der Waals surface area (Å²) in [6, 6.07) is 0. The molecule has 19 heavy (non-hydrogen) atoms. The van der Waals surface area contributed by atoms with Crippen LogP contribution in [-0.4, -0.2) is 27.2 Å². The molecule has 0 aliphatic carbocycles. The molecular weight excluding hydrogens is 242 g/mol. The van der Waals surface area contributed by atoms with Crippen LogP contribution < -0.4 is 5.32 Å². The van der Waals surface area contributed by atoms with Crippen molar-refractivity contribution in [3.05, 3.63) is 17.7 Å². The van der Waals surface area contributed by atoms with Crippen LogP contribution in [0.3, 0.4) is 0 Å². The van der Waals surface area contributed by atoms with E-state index in [1.807, 2.05) is 34.6 Å². The fourth-order valence-corrected chi connectivity index (χ4v) is 1.78. The van der Waals surface area contributed by atoms with E-state index in [9.17, 15) is 5.11 Å². The van der Waals surface area contributed by atoms with Gasteiger partial charge < -0.3 is 14.8 Å². The maximum atomic E-state index is 10.3. The lowest BCUT2D eigenvalue weighted by atomic mass is 9.92. The van der Waals surface area contributed by atoms with Crippen LogP contribution in [-0.2, 0) is 0 Å². The van der Waals surface area contributed by atoms with E-state index < -0.39 is 5.60 Å². The highest BCUT2D eigenvalue weighted by Crippen LogP contribution is 2.28. The third kappa shape index (κ3) is 2.56. The van der Waals surface area contributed by atoms with Gasteiger partial charge in [0.15, 0.2) is 0 Å². The van der Waals surface area contributed by atoms with Crippen molar-refractivity contribution in [3.8, 4) is 0 Å². The van der Waals surface area contributed by atoms with Crippen molar-refractivity contribution in [1.82, 2.24) is 9.97 Å². The van der Waals surface area contributed by atoms with Crippen molar-refractivity contribution >= 4 is 16.9 Å². The molecule has 2 aromatic heterocycles. The quantitative estimate of drug-likeness (QED) is 0.887. The molecule has 0 radical (unpaired) electrons. The number of aliphatic hydroxyl groups is 1. The van der Waals surface area contributed by atoms with Gasteiger partial charge in [-0.2, -0.15) is 0 Å². The van der Waals surface area contributed by atoms with E-state index in [4.69, 9.17) is 4.42 Å². The van der Waals surface area contributed by atoms with E-state index >= 15 is 0 Å². The third-order valence-electron chi connectivity index (χ3n) is 3.82. The first-order valence-electron chi connectivity index (χ1n) is 6.50. The molecule has 0 saturated carbocycles. The third-order valence-corrected chi connectivity index (χ3v) is 3.82. The van der Waals surface area contributed by atoms with E-state index in [1.54, 1.807) is 0 Å². The summed E-state index contributed by atoms with van der Waals surface area (Å²) in [5.41, 5.74) is 0.822. The highest BCUT2D eigenvalue weighted by atomic mass is 16.3. The Morgan fingerprint density at radius 2 is 2.05 bits per heavy atom. The molecule has 2 heterocycles. The molecule has 2 rings (SSSR count). The first-order chi connectivity index (χ1) is 8.83. The van der Waals surface area contributed by atoms with Gasteiger partial charge in [-0.15, -0.1) is 0 Å². The number of fused-ring (bicyclic) bond motifs is 1. The molecule has 1 atom stereocenters. The Bertz CT molecular complexity index is 588. The molecule has 0 aromatic carbocycles. The van der Waals surface area contributed by atoms with Gasteiger partial charge in [0, 0.05) is 12.1 Å². The van der Waals surface area contributed by atoms with Gasteiger partial charge in [0.05, 0.1) is 11.0 Å². The SMILES string of the molecule is Cc1oc2ncnc(NCC(C)(O)C(C)C)c2c1C. The minimum Gasteiger partial charge on any atom is -0.443 e. The number of aromatic nitrogens is 2. The molecule has 0 aliphatic rings. The highest BCUT2D eigenvalue weighted by molar-refractivity contribution is 5.89. The first kappa shape index (κ1) is 13.8. The summed E-state index contributed by atoms with van der Waals surface area (Å²) < 4.78 is 5.57. The van der Waals surface area contributed by atoms with Crippen molar-refractivity contribution in [2.45, 2.75) is 40.2 Å². The molecule has 5 heteroatoms. The number of nitrogens with one attached hydrogen (secondary N) is 1. The second kappa shape index (κ2) is 4.81. The number of hydrogen-bond donors (Lipinski definition) is 2. The predicted octanol–water partition coefficient (Wildman–Crippen LogP) is 2.66. The standard InChI is InChI=1S/C14H21N3O2/c1-8(2)14(5,18)6-15-12-11-9(3)10(4)19-13(11)17-7-16-12/h7-8,18H,6H2,1-5H3,(H,15,16,17). The van der Waals surface area contributed by atoms with E-state index in [0.29, 0.717) is 18.1 Å². The Morgan fingerprint density at radius 3 is 2.68 bits per heavy atom. The first-order valence-corrected chi connectivity index (χ1v) is 6.50. The maximum Gasteiger partial charge on any atom is 0.231 e. The lowest BCUT2D eigenvalue weighted by Crippen LogP contribution is -2.38. The van der Waals surface area contributed by atoms with Crippen LogP contribution >= 0.6 is 0 Å². The summed E-state index contributed by atoms with van der Waals surface area (Å²) in [7, 11) is 0. The Morgan fingerprint density at radius 1 is 1.37 bits per heavy atom. The zero-order chi connectivity index (χ0) is 14.2. The predicted molar refractivity (Wildman–Crippen MR) is 75.2 cm³/mol. The summed E-state index contributed by atoms with van der Waals surface area (Å²) in [6.07, 6.45) is 1.47. The van der Waals surface area contributed by atoms with E-state index in [2.05, 4.69) is 15.3 Å². The van der Waals surface area contributed by atoms with Gasteiger partial charge in [-0.25, -0.2) is 9.97 Å². The summed E-state index contributed by atoms with van der Waals surface area (Å²) in [4.78, 5) is 8.37. The van der Waals surface area contributed by atoms with Gasteiger partial charge in [-0.3, -0.25) is 0 Å². The molecule has 5 nitrogen and oxygen atoms in total. The molecule has 0 spiro atoms. The van der Waals surface area contributed by atoms with Crippen LogP contribution in [0.15, 0.2) is 10.7 Å². The van der Waals surface area contributed by atoms with Gasteiger partial charge >= 0.3 is 0 Å². The van der Waals surface area contributed by atoms with Crippen molar-refractivity contribution in [1.29, 1.82) is 0 Å². The number of hydrogen-bond acceptors (Lipinski definition) is 5. The number of aryl methyl sites for hydroxylation is 2. The Balaban J connectivity index is 2.31. The molecule has 0 fully saturated rings. The smallest absolute Gasteiger partial charge is 0.231 e. The zero-order valence-electron chi connectivity index (χ0n) is 12.1. The minimum atomic E-state index is -0.788. The zero-order valence-corrected chi connectivity index (χ0v) is 12.1. The van der Waals surface area contributed by atoms with Gasteiger partial charge in [-0.1, -0.05) is 13.8 Å². The molecule has 2 aromatic rings. The van der Waals surface area contributed by atoms with Crippen LogP contribution in [0.25, 0.3) is 11.1 Å². The monoisotopic (exact) mass is 263 g/mol. The van der Waals surface area contributed by atoms with Crippen molar-refractivity contribution < 1.29 is 9.52 Å². The lowest BCUT2D eigenvalue weighted by Gasteiger charge is -2.28. The normalized spacial score (nSPS) is 14.9.